The summed E-state index contributed by atoms with van der Waals surface area (Å²) in [4.78, 5) is 11.9. The number of aliphatic hydroxyl groups excluding tert-OH is 1. The normalized spacial score (nSPS) is 21.9. The Labute approximate surface area is 124 Å². The van der Waals surface area contributed by atoms with Crippen LogP contribution in [0.15, 0.2) is 18.2 Å². The highest BCUT2D eigenvalue weighted by Gasteiger charge is 2.23. The molecule has 1 fully saturated rings. The second-order valence-corrected chi connectivity index (χ2v) is 5.62. The fourth-order valence-corrected chi connectivity index (χ4v) is 2.99. The van der Waals surface area contributed by atoms with Gasteiger partial charge in [0.15, 0.2) is 6.61 Å². The van der Waals surface area contributed by atoms with E-state index in [-0.39, 0.29) is 18.6 Å². The third-order valence-corrected chi connectivity index (χ3v) is 4.14. The first-order chi connectivity index (χ1) is 10.2. The molecule has 1 saturated heterocycles. The molecular weight excluding hydrogens is 270 g/mol. The second-order valence-electron chi connectivity index (χ2n) is 5.62. The van der Waals surface area contributed by atoms with Crippen molar-refractivity contribution in [1.29, 1.82) is 0 Å². The van der Waals surface area contributed by atoms with Gasteiger partial charge in [0.1, 0.15) is 5.75 Å². The molecule has 1 atom stereocenters. The van der Waals surface area contributed by atoms with E-state index >= 15 is 0 Å². The Hall–Kier alpha value is -1.59. The van der Waals surface area contributed by atoms with Crippen LogP contribution in [-0.4, -0.2) is 36.9 Å². The number of hydrogen-bond acceptors (Lipinski definition) is 4. The maximum Gasteiger partial charge on any atom is 0.258 e. The predicted molar refractivity (Wildman–Crippen MR) is 77.2 cm³/mol. The number of rotatable bonds is 4. The molecule has 21 heavy (non-hydrogen) atoms. The Kier molecular flexibility index (Phi) is 4.41. The van der Waals surface area contributed by atoms with E-state index in [0.717, 1.165) is 36.8 Å². The number of amides is 1. The predicted octanol–water partition coefficient (Wildman–Crippen LogP) is 1.34. The number of fused-ring (bicyclic) bond motifs is 1. The summed E-state index contributed by atoms with van der Waals surface area (Å²) in [6, 6.07) is 5.83. The lowest BCUT2D eigenvalue weighted by molar-refractivity contribution is -0.124. The van der Waals surface area contributed by atoms with Gasteiger partial charge in [0.2, 0.25) is 0 Å². The highest BCUT2D eigenvalue weighted by atomic mass is 16.5. The van der Waals surface area contributed by atoms with E-state index in [0.29, 0.717) is 19.0 Å². The Morgan fingerprint density at radius 3 is 2.95 bits per heavy atom. The van der Waals surface area contributed by atoms with Crippen LogP contribution in [-0.2, 0) is 16.0 Å². The SMILES string of the molecule is O=C(COc1cccc2c1CCC2O)NC1CCOCC1. The summed E-state index contributed by atoms with van der Waals surface area (Å²) in [5.41, 5.74) is 1.96. The van der Waals surface area contributed by atoms with Crippen LogP contribution in [0.3, 0.4) is 0 Å². The molecule has 0 saturated carbocycles. The van der Waals surface area contributed by atoms with Crippen molar-refractivity contribution in [3.63, 3.8) is 0 Å². The second kappa shape index (κ2) is 6.45. The zero-order chi connectivity index (χ0) is 14.7. The molecule has 0 radical (unpaired) electrons. The molecule has 3 rings (SSSR count). The smallest absolute Gasteiger partial charge is 0.258 e. The first-order valence-electron chi connectivity index (χ1n) is 7.54. The van der Waals surface area contributed by atoms with Gasteiger partial charge in [-0.05, 0) is 37.3 Å². The lowest BCUT2D eigenvalue weighted by atomic mass is 10.1. The van der Waals surface area contributed by atoms with Crippen LogP contribution in [0.25, 0.3) is 0 Å². The Balaban J connectivity index is 1.54. The van der Waals surface area contributed by atoms with E-state index in [4.69, 9.17) is 9.47 Å². The number of nitrogens with one attached hydrogen (secondary N) is 1. The van der Waals surface area contributed by atoms with E-state index in [1.54, 1.807) is 0 Å². The first-order valence-corrected chi connectivity index (χ1v) is 7.54. The molecule has 114 valence electrons. The summed E-state index contributed by atoms with van der Waals surface area (Å²) in [5.74, 6) is 0.615. The van der Waals surface area contributed by atoms with Gasteiger partial charge in [-0.25, -0.2) is 0 Å². The number of carbonyl (C=O) groups is 1. The Morgan fingerprint density at radius 1 is 1.33 bits per heavy atom. The fraction of sp³-hybridized carbons (Fsp3) is 0.562. The molecule has 5 heteroatoms. The molecule has 0 spiro atoms. The number of aliphatic hydroxyl groups is 1. The molecule has 2 aliphatic rings. The molecule has 1 aliphatic heterocycles. The Morgan fingerprint density at radius 2 is 2.14 bits per heavy atom. The third-order valence-electron chi connectivity index (χ3n) is 4.14. The molecule has 0 aromatic heterocycles. The molecule has 1 unspecified atom stereocenters. The summed E-state index contributed by atoms with van der Waals surface area (Å²) < 4.78 is 10.9. The van der Waals surface area contributed by atoms with Crippen LogP contribution in [0, 0.1) is 0 Å². The van der Waals surface area contributed by atoms with Gasteiger partial charge in [0.25, 0.3) is 5.91 Å². The Bertz CT molecular complexity index is 511. The van der Waals surface area contributed by atoms with Crippen molar-refractivity contribution in [2.75, 3.05) is 19.8 Å². The molecule has 2 N–H and O–H groups in total. The van der Waals surface area contributed by atoms with Crippen molar-refractivity contribution < 1.29 is 19.4 Å². The summed E-state index contributed by atoms with van der Waals surface area (Å²) in [7, 11) is 0. The van der Waals surface area contributed by atoms with Gasteiger partial charge in [0.05, 0.1) is 6.10 Å². The minimum absolute atomic E-state index is 0.0178. The molecule has 1 aromatic rings. The molecule has 1 aliphatic carbocycles. The van der Waals surface area contributed by atoms with Crippen molar-refractivity contribution in [1.82, 2.24) is 5.32 Å². The van der Waals surface area contributed by atoms with E-state index in [2.05, 4.69) is 5.32 Å². The standard InChI is InChI=1S/C16H21NO4/c18-14-5-4-13-12(14)2-1-3-15(13)21-10-16(19)17-11-6-8-20-9-7-11/h1-3,11,14,18H,4-10H2,(H,17,19). The minimum Gasteiger partial charge on any atom is -0.483 e. The van der Waals surface area contributed by atoms with Gasteiger partial charge in [-0.1, -0.05) is 12.1 Å². The van der Waals surface area contributed by atoms with Gasteiger partial charge >= 0.3 is 0 Å². The van der Waals surface area contributed by atoms with Crippen molar-refractivity contribution in [2.45, 2.75) is 37.8 Å². The average molecular weight is 291 g/mol. The van der Waals surface area contributed by atoms with Crippen molar-refractivity contribution >= 4 is 5.91 Å². The lowest BCUT2D eigenvalue weighted by Gasteiger charge is -2.23. The van der Waals surface area contributed by atoms with Crippen LogP contribution < -0.4 is 10.1 Å². The van der Waals surface area contributed by atoms with Crippen LogP contribution in [0.2, 0.25) is 0 Å². The van der Waals surface area contributed by atoms with Crippen molar-refractivity contribution in [3.05, 3.63) is 29.3 Å². The maximum absolute atomic E-state index is 11.9. The molecule has 1 heterocycles. The fourth-order valence-electron chi connectivity index (χ4n) is 2.99. The molecule has 5 nitrogen and oxygen atoms in total. The number of carbonyl (C=O) groups excluding carboxylic acids is 1. The van der Waals surface area contributed by atoms with Gasteiger partial charge in [0, 0.05) is 24.8 Å². The molecule has 0 bridgehead atoms. The maximum atomic E-state index is 11.9. The van der Waals surface area contributed by atoms with E-state index < -0.39 is 6.10 Å². The number of hydrogen-bond donors (Lipinski definition) is 2. The van der Waals surface area contributed by atoms with Crippen molar-refractivity contribution in [2.24, 2.45) is 0 Å². The van der Waals surface area contributed by atoms with Gasteiger partial charge < -0.3 is 19.9 Å². The van der Waals surface area contributed by atoms with Gasteiger partial charge in [-0.3, -0.25) is 4.79 Å². The zero-order valence-electron chi connectivity index (χ0n) is 12.0. The van der Waals surface area contributed by atoms with E-state index in [1.807, 2.05) is 18.2 Å². The molecular formula is C16H21NO4. The summed E-state index contributed by atoms with van der Waals surface area (Å²) in [6.45, 7) is 1.43. The highest BCUT2D eigenvalue weighted by Crippen LogP contribution is 2.36. The number of ether oxygens (including phenoxy) is 2. The topological polar surface area (TPSA) is 67.8 Å². The van der Waals surface area contributed by atoms with Crippen LogP contribution in [0.1, 0.15) is 36.5 Å². The third kappa shape index (κ3) is 3.36. The van der Waals surface area contributed by atoms with Crippen LogP contribution in [0.5, 0.6) is 5.75 Å². The van der Waals surface area contributed by atoms with Gasteiger partial charge in [-0.2, -0.15) is 0 Å². The highest BCUT2D eigenvalue weighted by molar-refractivity contribution is 5.77. The minimum atomic E-state index is -0.403. The van der Waals surface area contributed by atoms with Crippen molar-refractivity contribution in [3.8, 4) is 5.75 Å². The van der Waals surface area contributed by atoms with E-state index in [9.17, 15) is 9.90 Å². The van der Waals surface area contributed by atoms with Gasteiger partial charge in [-0.15, -0.1) is 0 Å². The zero-order valence-corrected chi connectivity index (χ0v) is 12.0. The van der Waals surface area contributed by atoms with Crippen LogP contribution >= 0.6 is 0 Å². The average Bonchev–Trinajstić information content (AvgIpc) is 2.88. The molecule has 1 amide bonds. The quantitative estimate of drug-likeness (QED) is 0.878. The summed E-state index contributed by atoms with van der Waals surface area (Å²) in [5, 5.41) is 12.8. The summed E-state index contributed by atoms with van der Waals surface area (Å²) >= 11 is 0. The monoisotopic (exact) mass is 291 g/mol. The van der Waals surface area contributed by atoms with E-state index in [1.165, 1.54) is 0 Å². The molecule has 1 aromatic carbocycles. The number of benzene rings is 1. The lowest BCUT2D eigenvalue weighted by Crippen LogP contribution is -2.41. The largest absolute Gasteiger partial charge is 0.483 e. The summed E-state index contributed by atoms with van der Waals surface area (Å²) in [6.07, 6.45) is 2.84. The first kappa shape index (κ1) is 14.4. The van der Waals surface area contributed by atoms with Crippen LogP contribution in [0.4, 0.5) is 0 Å².